The third-order valence-electron chi connectivity index (χ3n) is 9.61. The number of β-lactam (4-membered cyclic amide) rings is 1. The highest BCUT2D eigenvalue weighted by Gasteiger charge is 2.66. The van der Waals surface area contributed by atoms with Crippen LogP contribution < -0.4 is 9.80 Å². The standard InChI is InChI=1S/C32H39N3O6/c1-20-29(31(2,3)40)26(17-28(38)33-15-6-7-23(33)19-36)41-32(20)24-8-4-5-9-25(24)35(30(32)39)18-21-10-12-22(13-11-21)34-16-14-27(34)37/h4-5,8-13,20,23,26,29,36,40H,6-7,14-19H2,1-3H3/t20-,23-,26+,29-,32+/m0/s1. The van der Waals surface area contributed by atoms with Crippen molar-refractivity contribution in [3.63, 3.8) is 0 Å². The Morgan fingerprint density at radius 3 is 2.46 bits per heavy atom. The van der Waals surface area contributed by atoms with Gasteiger partial charge in [-0.15, -0.1) is 0 Å². The van der Waals surface area contributed by atoms with Crippen LogP contribution in [0.1, 0.15) is 57.6 Å². The average molecular weight is 562 g/mol. The van der Waals surface area contributed by atoms with Crippen molar-refractivity contribution >= 4 is 29.1 Å². The van der Waals surface area contributed by atoms with E-state index in [2.05, 4.69) is 0 Å². The summed E-state index contributed by atoms with van der Waals surface area (Å²) in [5, 5.41) is 21.1. The molecule has 2 N–H and O–H groups in total. The second-order valence-corrected chi connectivity index (χ2v) is 12.5. The monoisotopic (exact) mass is 561 g/mol. The van der Waals surface area contributed by atoms with Crippen molar-refractivity contribution in [2.24, 2.45) is 11.8 Å². The van der Waals surface area contributed by atoms with Crippen molar-refractivity contribution in [3.8, 4) is 0 Å². The molecule has 1 spiro atoms. The van der Waals surface area contributed by atoms with Gasteiger partial charge in [0.1, 0.15) is 0 Å². The molecule has 0 bridgehead atoms. The molecule has 2 aromatic rings. The maximum Gasteiger partial charge on any atom is 0.264 e. The van der Waals surface area contributed by atoms with E-state index >= 15 is 0 Å². The molecule has 9 nitrogen and oxygen atoms in total. The predicted octanol–water partition coefficient (Wildman–Crippen LogP) is 2.96. The van der Waals surface area contributed by atoms with Gasteiger partial charge in [-0.25, -0.2) is 0 Å². The lowest BCUT2D eigenvalue weighted by atomic mass is 9.71. The van der Waals surface area contributed by atoms with Crippen LogP contribution in [-0.4, -0.2) is 70.3 Å². The number of ether oxygens (including phenoxy) is 1. The summed E-state index contributed by atoms with van der Waals surface area (Å²) in [6.07, 6.45) is 1.53. The molecule has 4 heterocycles. The second kappa shape index (κ2) is 10.2. The third kappa shape index (κ3) is 4.45. The Hall–Kier alpha value is -3.27. The summed E-state index contributed by atoms with van der Waals surface area (Å²) in [7, 11) is 0. The van der Waals surface area contributed by atoms with Crippen LogP contribution in [0.15, 0.2) is 48.5 Å². The summed E-state index contributed by atoms with van der Waals surface area (Å²) >= 11 is 0. The van der Waals surface area contributed by atoms with Gasteiger partial charge in [0.15, 0.2) is 5.60 Å². The zero-order valence-electron chi connectivity index (χ0n) is 24.0. The summed E-state index contributed by atoms with van der Waals surface area (Å²) in [5.74, 6) is -1.10. The number of anilines is 2. The Labute approximate surface area is 240 Å². The minimum absolute atomic E-state index is 0.0311. The molecule has 5 atom stereocenters. The van der Waals surface area contributed by atoms with Crippen LogP contribution in [0.25, 0.3) is 0 Å². The zero-order valence-corrected chi connectivity index (χ0v) is 24.0. The average Bonchev–Trinajstić information content (AvgIpc) is 3.59. The lowest BCUT2D eigenvalue weighted by molar-refractivity contribution is -0.150. The lowest BCUT2D eigenvalue weighted by Crippen LogP contribution is -2.46. The van der Waals surface area contributed by atoms with Crippen LogP contribution in [0.2, 0.25) is 0 Å². The molecule has 9 heteroatoms. The number of rotatable bonds is 7. The molecule has 0 aliphatic carbocycles. The van der Waals surface area contributed by atoms with Gasteiger partial charge in [0.2, 0.25) is 11.8 Å². The minimum atomic E-state index is -1.34. The number of aliphatic hydroxyl groups excluding tert-OH is 1. The SMILES string of the molecule is C[C@H]1[C@H](C(C)(C)O)[C@@H](CC(=O)N2CCC[C@H]2CO)O[C@]12C(=O)N(Cc1ccc(N3CCC3=O)cc1)c1ccccc12. The van der Waals surface area contributed by atoms with E-state index in [9.17, 15) is 24.6 Å². The van der Waals surface area contributed by atoms with Gasteiger partial charge in [-0.2, -0.15) is 0 Å². The maximum absolute atomic E-state index is 14.5. The molecule has 4 aliphatic rings. The quantitative estimate of drug-likeness (QED) is 0.503. The van der Waals surface area contributed by atoms with Gasteiger partial charge in [0.25, 0.3) is 5.91 Å². The zero-order chi connectivity index (χ0) is 29.1. The predicted molar refractivity (Wildman–Crippen MR) is 153 cm³/mol. The third-order valence-corrected chi connectivity index (χ3v) is 9.61. The number of aliphatic hydroxyl groups is 2. The summed E-state index contributed by atoms with van der Waals surface area (Å²) in [4.78, 5) is 45.0. The van der Waals surface area contributed by atoms with Gasteiger partial charge >= 0.3 is 0 Å². The van der Waals surface area contributed by atoms with Gasteiger partial charge in [-0.1, -0.05) is 37.3 Å². The van der Waals surface area contributed by atoms with Crippen LogP contribution in [-0.2, 0) is 31.3 Å². The van der Waals surface area contributed by atoms with Gasteiger partial charge in [-0.05, 0) is 50.5 Å². The fourth-order valence-corrected chi connectivity index (χ4v) is 7.58. The lowest BCUT2D eigenvalue weighted by Gasteiger charge is -2.34. The van der Waals surface area contributed by atoms with Crippen molar-refractivity contribution in [3.05, 3.63) is 59.7 Å². The molecule has 3 saturated heterocycles. The van der Waals surface area contributed by atoms with Gasteiger partial charge < -0.3 is 29.6 Å². The summed E-state index contributed by atoms with van der Waals surface area (Å²) in [6, 6.07) is 15.1. The van der Waals surface area contributed by atoms with Crippen molar-refractivity contribution in [2.45, 2.75) is 76.3 Å². The minimum Gasteiger partial charge on any atom is -0.394 e. The molecule has 3 fully saturated rings. The molecule has 0 radical (unpaired) electrons. The smallest absolute Gasteiger partial charge is 0.264 e. The van der Waals surface area contributed by atoms with Crippen LogP contribution in [0.3, 0.4) is 0 Å². The molecule has 0 saturated carbocycles. The van der Waals surface area contributed by atoms with E-state index in [4.69, 9.17) is 4.74 Å². The Kier molecular flexibility index (Phi) is 6.95. The van der Waals surface area contributed by atoms with Gasteiger partial charge in [0, 0.05) is 42.6 Å². The highest BCUT2D eigenvalue weighted by Crippen LogP contribution is 2.58. The van der Waals surface area contributed by atoms with E-state index < -0.39 is 29.1 Å². The first-order valence-electron chi connectivity index (χ1n) is 14.7. The van der Waals surface area contributed by atoms with Crippen LogP contribution >= 0.6 is 0 Å². The molecular weight excluding hydrogens is 522 g/mol. The second-order valence-electron chi connectivity index (χ2n) is 12.5. The molecule has 0 unspecified atom stereocenters. The van der Waals surface area contributed by atoms with Gasteiger partial charge in [-0.3, -0.25) is 14.4 Å². The van der Waals surface area contributed by atoms with E-state index in [0.717, 1.165) is 41.9 Å². The van der Waals surface area contributed by atoms with E-state index in [-0.39, 0.29) is 36.8 Å². The fraction of sp³-hybridized carbons (Fsp3) is 0.531. The number of hydrogen-bond donors (Lipinski definition) is 2. The first-order chi connectivity index (χ1) is 19.6. The van der Waals surface area contributed by atoms with Crippen molar-refractivity contribution < 1.29 is 29.3 Å². The number of nitrogens with zero attached hydrogens (tertiary/aromatic N) is 3. The first-order valence-corrected chi connectivity index (χ1v) is 14.7. The van der Waals surface area contributed by atoms with Crippen molar-refractivity contribution in [2.75, 3.05) is 29.5 Å². The number of hydrogen-bond acceptors (Lipinski definition) is 6. The number of carbonyl (C=O) groups excluding carboxylic acids is 3. The van der Waals surface area contributed by atoms with Crippen molar-refractivity contribution in [1.82, 2.24) is 4.90 Å². The summed E-state index contributed by atoms with van der Waals surface area (Å²) in [6.45, 7) is 6.93. The highest BCUT2D eigenvalue weighted by atomic mass is 16.5. The Morgan fingerprint density at radius 1 is 1.10 bits per heavy atom. The van der Waals surface area contributed by atoms with Gasteiger partial charge in [0.05, 0.1) is 43.0 Å². The summed E-state index contributed by atoms with van der Waals surface area (Å²) in [5.41, 5.74) is 0.734. The number of para-hydroxylation sites is 1. The van der Waals surface area contributed by atoms with E-state index in [1.54, 1.807) is 28.5 Å². The van der Waals surface area contributed by atoms with E-state index in [0.29, 0.717) is 19.5 Å². The number of carbonyl (C=O) groups is 3. The maximum atomic E-state index is 14.5. The molecule has 218 valence electrons. The Bertz CT molecular complexity index is 1350. The fourth-order valence-electron chi connectivity index (χ4n) is 7.58. The highest BCUT2D eigenvalue weighted by molar-refractivity contribution is 6.07. The summed E-state index contributed by atoms with van der Waals surface area (Å²) < 4.78 is 6.75. The van der Waals surface area contributed by atoms with Crippen LogP contribution in [0.5, 0.6) is 0 Å². The molecule has 4 aliphatic heterocycles. The molecule has 41 heavy (non-hydrogen) atoms. The molecular formula is C32H39N3O6. The topological polar surface area (TPSA) is 111 Å². The molecule has 0 aromatic heterocycles. The van der Waals surface area contributed by atoms with Crippen LogP contribution in [0, 0.1) is 11.8 Å². The number of benzene rings is 2. The van der Waals surface area contributed by atoms with Crippen molar-refractivity contribution in [1.29, 1.82) is 0 Å². The first kappa shape index (κ1) is 27.9. The van der Waals surface area contributed by atoms with E-state index in [1.165, 1.54) is 0 Å². The number of likely N-dealkylation sites (tertiary alicyclic amines) is 1. The largest absolute Gasteiger partial charge is 0.394 e. The van der Waals surface area contributed by atoms with Crippen LogP contribution in [0.4, 0.5) is 11.4 Å². The molecule has 3 amide bonds. The Morgan fingerprint density at radius 2 is 1.83 bits per heavy atom. The molecule has 2 aromatic carbocycles. The number of amides is 3. The number of fused-ring (bicyclic) bond motifs is 2. The molecule has 6 rings (SSSR count). The normalized spacial score (nSPS) is 29.4. The van der Waals surface area contributed by atoms with E-state index in [1.807, 2.05) is 55.5 Å². The Balaban J connectivity index is 1.31.